The van der Waals surface area contributed by atoms with Crippen LogP contribution in [0.1, 0.15) is 121 Å². The van der Waals surface area contributed by atoms with Gasteiger partial charge in [-0.3, -0.25) is 39.2 Å². The molecule has 5 heterocycles. The van der Waals surface area contributed by atoms with Crippen molar-refractivity contribution >= 4 is 46.1 Å². The molecule has 0 bridgehead atoms. The van der Waals surface area contributed by atoms with Crippen molar-refractivity contribution in [2.24, 2.45) is 17.3 Å². The second-order valence-electron chi connectivity index (χ2n) is 21.0. The number of nitrogens with one attached hydrogen (secondary N) is 2. The fourth-order valence-electron chi connectivity index (χ4n) is 12.3. The minimum Gasteiger partial charge on any atom is -0.490 e. The van der Waals surface area contributed by atoms with Crippen LogP contribution < -0.4 is 25.0 Å². The van der Waals surface area contributed by atoms with E-state index in [9.17, 15) is 29.2 Å². The maximum Gasteiger partial charge on any atom is 0.262 e. The Labute approximate surface area is 401 Å². The lowest BCUT2D eigenvalue weighted by Crippen LogP contribution is -2.78. The molecule has 2 N–H and O–H groups in total. The molecule has 4 aliphatic heterocycles. The molecule has 0 radical (unpaired) electrons. The molecule has 1 aromatic heterocycles. The minimum atomic E-state index is -1.02. The van der Waals surface area contributed by atoms with Crippen LogP contribution in [0.4, 0.5) is 10.1 Å². The molecule has 358 valence electrons. The Bertz CT molecular complexity index is 2880. The Morgan fingerprint density at radius 3 is 2.46 bits per heavy atom. The highest BCUT2D eigenvalue weighted by Crippen LogP contribution is 2.61. The van der Waals surface area contributed by atoms with Gasteiger partial charge in [-0.25, -0.2) is 4.39 Å². The Morgan fingerprint density at radius 2 is 1.74 bits per heavy atom. The van der Waals surface area contributed by atoms with Gasteiger partial charge in [0.05, 0.1) is 45.5 Å². The molecule has 15 heteroatoms. The van der Waals surface area contributed by atoms with E-state index in [1.807, 2.05) is 12.1 Å². The molecule has 10 rings (SSSR count). The third-order valence-corrected chi connectivity index (χ3v) is 15.8. The summed E-state index contributed by atoms with van der Waals surface area (Å²) in [5.74, 6) is -0.832. The van der Waals surface area contributed by atoms with Crippen LogP contribution in [0, 0.1) is 34.4 Å². The first-order chi connectivity index (χ1) is 33.0. The van der Waals surface area contributed by atoms with E-state index in [0.29, 0.717) is 53.2 Å². The number of nitrogens with zero attached hydrogens (tertiary/aromatic N) is 5. The van der Waals surface area contributed by atoms with Gasteiger partial charge in [-0.1, -0.05) is 25.5 Å². The molecule has 2 saturated heterocycles. The molecule has 4 fully saturated rings. The van der Waals surface area contributed by atoms with Crippen LogP contribution in [0.25, 0.3) is 10.9 Å². The van der Waals surface area contributed by atoms with E-state index in [1.165, 1.54) is 11.6 Å². The number of halogens is 1. The number of pyridine rings is 1. The van der Waals surface area contributed by atoms with Crippen molar-refractivity contribution in [2.45, 2.75) is 108 Å². The topological polar surface area (TPSA) is 174 Å². The number of allylic oxidation sites excluding steroid dienone is 1. The van der Waals surface area contributed by atoms with E-state index in [4.69, 9.17) is 9.47 Å². The fourth-order valence-corrected chi connectivity index (χ4v) is 12.3. The lowest BCUT2D eigenvalue weighted by molar-refractivity contribution is -0.136. The molecule has 6 aliphatic rings. The Kier molecular flexibility index (Phi) is 11.8. The maximum atomic E-state index is 16.0. The molecule has 4 aromatic rings. The van der Waals surface area contributed by atoms with Gasteiger partial charge < -0.3 is 24.6 Å². The van der Waals surface area contributed by atoms with Gasteiger partial charge in [0.15, 0.2) is 0 Å². The van der Waals surface area contributed by atoms with Gasteiger partial charge >= 0.3 is 0 Å². The first kappa shape index (κ1) is 46.1. The first-order valence-corrected chi connectivity index (χ1v) is 24.2. The summed E-state index contributed by atoms with van der Waals surface area (Å²) in [5.41, 5.74) is 3.59. The normalized spacial score (nSPS) is 26.1. The third kappa shape index (κ3) is 8.10. The lowest BCUT2D eigenvalue weighted by Gasteiger charge is -2.66. The summed E-state index contributed by atoms with van der Waals surface area (Å²) < 4.78 is 28.9. The molecular formula is C54H58FN7O7. The SMILES string of the molecule is CN(C)CC/C=C(\CC1CCN(c2ccc(C(=O)NC3C(C)(C)[C@@H]4Oc5ccc(C#N)c6nccc(c56)C34C)cc2F)CC1)CC1CC(Oc2ccc3c(c2)C(=O)N(C2CCC(=O)NC2=O)C3=O)C1. The van der Waals surface area contributed by atoms with E-state index in [1.54, 1.807) is 42.6 Å². The molecule has 69 heavy (non-hydrogen) atoms. The van der Waals surface area contributed by atoms with E-state index in [-0.39, 0.29) is 53.7 Å². The second-order valence-corrected chi connectivity index (χ2v) is 21.0. The zero-order valence-electron chi connectivity index (χ0n) is 39.8. The van der Waals surface area contributed by atoms with E-state index < -0.39 is 46.3 Å². The van der Waals surface area contributed by atoms with Crippen LogP contribution in [-0.2, 0) is 15.0 Å². The van der Waals surface area contributed by atoms with Crippen LogP contribution in [0.2, 0.25) is 0 Å². The quantitative estimate of drug-likeness (QED) is 0.102. The van der Waals surface area contributed by atoms with Gasteiger partial charge in [-0.15, -0.1) is 0 Å². The molecular weight excluding hydrogens is 878 g/mol. The number of carbonyl (C=O) groups excluding carboxylic acids is 5. The Morgan fingerprint density at radius 1 is 0.986 bits per heavy atom. The van der Waals surface area contributed by atoms with Crippen molar-refractivity contribution in [3.63, 3.8) is 0 Å². The molecule has 3 aromatic carbocycles. The number of imide groups is 2. The average Bonchev–Trinajstić information content (AvgIpc) is 3.55. The highest BCUT2D eigenvalue weighted by Gasteiger charge is 2.69. The van der Waals surface area contributed by atoms with E-state index >= 15 is 4.39 Å². The van der Waals surface area contributed by atoms with E-state index in [0.717, 1.165) is 67.3 Å². The number of amides is 5. The van der Waals surface area contributed by atoms with Crippen molar-refractivity contribution in [2.75, 3.05) is 38.6 Å². The van der Waals surface area contributed by atoms with Crippen molar-refractivity contribution < 1.29 is 37.8 Å². The number of ether oxygens (including phenoxy) is 2. The monoisotopic (exact) mass is 935 g/mol. The summed E-state index contributed by atoms with van der Waals surface area (Å²) in [4.78, 5) is 74.3. The average molecular weight is 936 g/mol. The first-order valence-electron chi connectivity index (χ1n) is 24.2. The number of hydrogen-bond donors (Lipinski definition) is 2. The van der Waals surface area contributed by atoms with Crippen LogP contribution in [-0.4, -0.2) is 102 Å². The van der Waals surface area contributed by atoms with Gasteiger partial charge in [0, 0.05) is 48.6 Å². The molecule has 3 unspecified atom stereocenters. The second kappa shape index (κ2) is 17.7. The fraction of sp³-hybridized carbons (Fsp3) is 0.463. The van der Waals surface area contributed by atoms with Crippen molar-refractivity contribution in [3.8, 4) is 17.6 Å². The summed E-state index contributed by atoms with van der Waals surface area (Å²) in [6.45, 7) is 8.60. The smallest absolute Gasteiger partial charge is 0.262 e. The lowest BCUT2D eigenvalue weighted by atomic mass is 9.45. The van der Waals surface area contributed by atoms with Crippen molar-refractivity contribution in [1.82, 2.24) is 25.4 Å². The van der Waals surface area contributed by atoms with Crippen LogP contribution in [0.15, 0.2) is 72.4 Å². The number of nitriles is 1. The zero-order chi connectivity index (χ0) is 48.5. The van der Waals surface area contributed by atoms with Crippen LogP contribution in [0.5, 0.6) is 11.5 Å². The molecule has 4 atom stereocenters. The van der Waals surface area contributed by atoms with Crippen molar-refractivity contribution in [1.29, 1.82) is 5.26 Å². The maximum absolute atomic E-state index is 16.0. The highest BCUT2D eigenvalue weighted by atomic mass is 19.1. The van der Waals surface area contributed by atoms with Gasteiger partial charge in [-0.2, -0.15) is 5.26 Å². The standard InChI is InChI=1S/C54H58FN7O7/c1-53(2)51(54(3)39-16-19-57-46-34(29-56)9-14-43(45(39)46)69-52(53)54)59-47(64)33-8-12-41(40(55)27-33)61-21-17-30(18-22-61)23-31(7-6-20-60(4)5)24-32-25-36(26-32)68-35-10-11-37-38(28-35)50(67)62(49(37)66)42-13-15-44(63)58-48(42)65/h7-12,14,16,19,27-28,30,32,36,42,51-52H,6,13,15,17-18,20-26H2,1-5H3,(H,59,64)(H,58,63,65)/b31-7+/t32?,36?,42?,51?,52-,54?/m0/s1. The van der Waals surface area contributed by atoms with Crippen molar-refractivity contribution in [3.05, 3.63) is 106 Å². The number of carbonyl (C=O) groups is 5. The Balaban J connectivity index is 0.733. The van der Waals surface area contributed by atoms with Gasteiger partial charge in [0.25, 0.3) is 17.7 Å². The number of rotatable bonds is 13. The van der Waals surface area contributed by atoms with Gasteiger partial charge in [-0.05, 0) is 144 Å². The molecule has 2 saturated carbocycles. The molecule has 5 amide bonds. The predicted molar refractivity (Wildman–Crippen MR) is 255 cm³/mol. The Hall–Kier alpha value is -6.66. The largest absolute Gasteiger partial charge is 0.490 e. The summed E-state index contributed by atoms with van der Waals surface area (Å²) in [6, 6.07) is 16.1. The number of piperidine rings is 2. The summed E-state index contributed by atoms with van der Waals surface area (Å²) >= 11 is 0. The number of hydrogen-bond acceptors (Lipinski definition) is 11. The summed E-state index contributed by atoms with van der Waals surface area (Å²) in [7, 11) is 4.15. The van der Waals surface area contributed by atoms with Crippen LogP contribution >= 0.6 is 0 Å². The van der Waals surface area contributed by atoms with Crippen LogP contribution in [0.3, 0.4) is 0 Å². The predicted octanol–water partition coefficient (Wildman–Crippen LogP) is 7.24. The molecule has 2 aliphatic carbocycles. The van der Waals surface area contributed by atoms with Gasteiger partial charge in [0.1, 0.15) is 35.5 Å². The van der Waals surface area contributed by atoms with Gasteiger partial charge in [0.2, 0.25) is 11.8 Å². The van der Waals surface area contributed by atoms with E-state index in [2.05, 4.69) is 72.4 Å². The number of anilines is 1. The molecule has 14 nitrogen and oxygen atoms in total. The third-order valence-electron chi connectivity index (χ3n) is 15.8. The number of aromatic nitrogens is 1. The highest BCUT2D eigenvalue weighted by molar-refractivity contribution is 6.23. The zero-order valence-corrected chi connectivity index (χ0v) is 39.8. The summed E-state index contributed by atoms with van der Waals surface area (Å²) in [6.07, 6.45) is 10.5. The minimum absolute atomic E-state index is 0.0248. The summed E-state index contributed by atoms with van der Waals surface area (Å²) in [5, 5.41) is 16.0. The number of benzene rings is 3. The number of fused-ring (bicyclic) bond motifs is 3. The molecule has 0 spiro atoms.